The first-order valence-corrected chi connectivity index (χ1v) is 13.1. The van der Waals surface area contributed by atoms with E-state index in [1.54, 1.807) is 6.92 Å². The van der Waals surface area contributed by atoms with Gasteiger partial charge in [-0.05, 0) is 66.3 Å². The zero-order valence-corrected chi connectivity index (χ0v) is 20.3. The Morgan fingerprint density at radius 2 is 1.31 bits per heavy atom. The maximum Gasteiger partial charge on any atom is 0.310 e. The van der Waals surface area contributed by atoms with E-state index in [1.807, 2.05) is 24.3 Å². The second kappa shape index (κ2) is 13.5. The van der Waals surface area contributed by atoms with E-state index < -0.39 is 0 Å². The van der Waals surface area contributed by atoms with Gasteiger partial charge in [0, 0.05) is 6.42 Å². The maximum absolute atomic E-state index is 11.4. The van der Waals surface area contributed by atoms with E-state index >= 15 is 0 Å². The van der Waals surface area contributed by atoms with Crippen molar-refractivity contribution < 1.29 is 9.53 Å². The molecule has 0 aromatic heterocycles. The lowest BCUT2D eigenvalue weighted by Gasteiger charge is -2.29. The molecule has 0 bridgehead atoms. The summed E-state index contributed by atoms with van der Waals surface area (Å²) in [5.41, 5.74) is 3.87. The average molecular weight is 435 g/mol. The Balaban J connectivity index is 1.40. The molecule has 2 heteroatoms. The van der Waals surface area contributed by atoms with Crippen molar-refractivity contribution >= 4 is 5.97 Å². The standard InChI is InChI=1S/C30H42O2/c1-3-5-6-7-8-9-10-11-24-12-14-25(15-13-24)26-16-18-27(19-17-26)28-20-22-29(23-21-28)32-30(31)4-2/h16-25H,3-15H2,1-2H3. The normalized spacial score (nSPS) is 18.4. The molecule has 1 aliphatic carbocycles. The van der Waals surface area contributed by atoms with E-state index in [9.17, 15) is 4.79 Å². The summed E-state index contributed by atoms with van der Waals surface area (Å²) < 4.78 is 5.27. The van der Waals surface area contributed by atoms with Gasteiger partial charge in [0.1, 0.15) is 5.75 Å². The molecule has 1 saturated carbocycles. The second-order valence-electron chi connectivity index (χ2n) is 9.60. The summed E-state index contributed by atoms with van der Waals surface area (Å²) in [6, 6.07) is 16.9. The van der Waals surface area contributed by atoms with Gasteiger partial charge in [-0.1, -0.05) is 102 Å². The molecule has 174 valence electrons. The predicted octanol–water partition coefficient (Wildman–Crippen LogP) is 9.08. The van der Waals surface area contributed by atoms with Crippen LogP contribution in [0.1, 0.15) is 109 Å². The number of esters is 1. The average Bonchev–Trinajstić information content (AvgIpc) is 2.84. The van der Waals surface area contributed by atoms with Gasteiger partial charge in [-0.2, -0.15) is 0 Å². The molecule has 1 fully saturated rings. The number of carbonyl (C=O) groups is 1. The Bertz CT molecular complexity index is 783. The van der Waals surface area contributed by atoms with Crippen LogP contribution in [0.15, 0.2) is 48.5 Å². The SMILES string of the molecule is CCCCCCCCCC1CCC(c2ccc(-c3ccc(OC(=O)CC)cc3)cc2)CC1. The van der Waals surface area contributed by atoms with Crippen molar-refractivity contribution in [2.45, 2.75) is 103 Å². The molecule has 0 spiro atoms. The Morgan fingerprint density at radius 1 is 0.750 bits per heavy atom. The first kappa shape index (κ1) is 24.6. The number of rotatable bonds is 12. The molecule has 0 heterocycles. The van der Waals surface area contributed by atoms with Crippen LogP contribution in [-0.2, 0) is 4.79 Å². The minimum Gasteiger partial charge on any atom is -0.427 e. The van der Waals surface area contributed by atoms with Crippen molar-refractivity contribution in [2.24, 2.45) is 5.92 Å². The molecule has 1 aliphatic rings. The lowest BCUT2D eigenvalue weighted by Crippen LogP contribution is -2.13. The van der Waals surface area contributed by atoms with Crippen LogP contribution in [0.25, 0.3) is 11.1 Å². The van der Waals surface area contributed by atoms with Crippen LogP contribution in [0, 0.1) is 5.92 Å². The summed E-state index contributed by atoms with van der Waals surface area (Å²) in [7, 11) is 0. The van der Waals surface area contributed by atoms with E-state index in [-0.39, 0.29) is 5.97 Å². The Hall–Kier alpha value is -2.09. The van der Waals surface area contributed by atoms with Crippen LogP contribution in [0.3, 0.4) is 0 Å². The molecular weight excluding hydrogens is 392 g/mol. The summed E-state index contributed by atoms with van der Waals surface area (Å²) in [6.45, 7) is 4.10. The molecule has 32 heavy (non-hydrogen) atoms. The van der Waals surface area contributed by atoms with Crippen molar-refractivity contribution in [3.8, 4) is 16.9 Å². The second-order valence-corrected chi connectivity index (χ2v) is 9.60. The summed E-state index contributed by atoms with van der Waals surface area (Å²) >= 11 is 0. The molecule has 0 N–H and O–H groups in total. The highest BCUT2D eigenvalue weighted by Crippen LogP contribution is 2.38. The quantitative estimate of drug-likeness (QED) is 0.189. The van der Waals surface area contributed by atoms with Gasteiger partial charge in [-0.3, -0.25) is 4.79 Å². The Kier molecular flexibility index (Phi) is 10.3. The van der Waals surface area contributed by atoms with Gasteiger partial charge in [0.05, 0.1) is 0 Å². The van der Waals surface area contributed by atoms with Gasteiger partial charge in [0.2, 0.25) is 0 Å². The Labute approximate surface area is 195 Å². The summed E-state index contributed by atoms with van der Waals surface area (Å²) in [4.78, 5) is 11.4. The number of ether oxygens (including phenoxy) is 1. The van der Waals surface area contributed by atoms with Crippen molar-refractivity contribution in [3.63, 3.8) is 0 Å². The molecule has 0 saturated heterocycles. The van der Waals surface area contributed by atoms with E-state index in [0.29, 0.717) is 12.2 Å². The van der Waals surface area contributed by atoms with Crippen molar-refractivity contribution in [2.75, 3.05) is 0 Å². The van der Waals surface area contributed by atoms with E-state index in [2.05, 4.69) is 31.2 Å². The minimum absolute atomic E-state index is 0.195. The van der Waals surface area contributed by atoms with Crippen LogP contribution in [0.2, 0.25) is 0 Å². The number of carbonyl (C=O) groups excluding carboxylic acids is 1. The molecule has 2 nitrogen and oxygen atoms in total. The van der Waals surface area contributed by atoms with Gasteiger partial charge in [-0.25, -0.2) is 0 Å². The zero-order valence-electron chi connectivity index (χ0n) is 20.3. The number of benzene rings is 2. The first-order valence-electron chi connectivity index (χ1n) is 13.1. The summed E-state index contributed by atoms with van der Waals surface area (Å²) in [5, 5.41) is 0. The third-order valence-corrected chi connectivity index (χ3v) is 7.15. The summed E-state index contributed by atoms with van der Waals surface area (Å²) in [5.74, 6) is 2.11. The van der Waals surface area contributed by atoms with Gasteiger partial charge < -0.3 is 4.74 Å². The van der Waals surface area contributed by atoms with Crippen LogP contribution in [-0.4, -0.2) is 5.97 Å². The maximum atomic E-state index is 11.4. The highest BCUT2D eigenvalue weighted by Gasteiger charge is 2.22. The predicted molar refractivity (Wildman–Crippen MR) is 135 cm³/mol. The molecule has 2 aromatic carbocycles. The first-order chi connectivity index (χ1) is 15.7. The van der Waals surface area contributed by atoms with Crippen LogP contribution in [0.4, 0.5) is 0 Å². The third-order valence-electron chi connectivity index (χ3n) is 7.15. The molecule has 0 atom stereocenters. The van der Waals surface area contributed by atoms with Crippen LogP contribution in [0.5, 0.6) is 5.75 Å². The highest BCUT2D eigenvalue weighted by atomic mass is 16.5. The van der Waals surface area contributed by atoms with Gasteiger partial charge in [0.15, 0.2) is 0 Å². The number of hydrogen-bond acceptors (Lipinski definition) is 2. The van der Waals surface area contributed by atoms with E-state index in [4.69, 9.17) is 4.74 Å². The molecule has 0 amide bonds. The topological polar surface area (TPSA) is 26.3 Å². The summed E-state index contributed by atoms with van der Waals surface area (Å²) in [6.07, 6.45) is 17.3. The zero-order chi connectivity index (χ0) is 22.6. The molecule has 0 unspecified atom stereocenters. The lowest BCUT2D eigenvalue weighted by atomic mass is 9.77. The molecule has 0 aliphatic heterocycles. The smallest absolute Gasteiger partial charge is 0.310 e. The van der Waals surface area contributed by atoms with Gasteiger partial charge in [-0.15, -0.1) is 0 Å². The van der Waals surface area contributed by atoms with Crippen molar-refractivity contribution in [1.82, 2.24) is 0 Å². The van der Waals surface area contributed by atoms with Crippen molar-refractivity contribution in [3.05, 3.63) is 54.1 Å². The fraction of sp³-hybridized carbons (Fsp3) is 0.567. The number of hydrogen-bond donors (Lipinski definition) is 0. The molecular formula is C30H42O2. The number of unbranched alkanes of at least 4 members (excludes halogenated alkanes) is 6. The fourth-order valence-electron chi connectivity index (χ4n) is 5.04. The van der Waals surface area contributed by atoms with Gasteiger partial charge in [0.25, 0.3) is 0 Å². The molecule has 3 rings (SSSR count). The fourth-order valence-corrected chi connectivity index (χ4v) is 5.04. The third kappa shape index (κ3) is 7.80. The van der Waals surface area contributed by atoms with Crippen LogP contribution < -0.4 is 4.74 Å². The highest BCUT2D eigenvalue weighted by molar-refractivity contribution is 5.72. The molecule has 0 radical (unpaired) electrons. The monoisotopic (exact) mass is 434 g/mol. The largest absolute Gasteiger partial charge is 0.427 e. The van der Waals surface area contributed by atoms with Gasteiger partial charge >= 0.3 is 5.97 Å². The Morgan fingerprint density at radius 3 is 1.91 bits per heavy atom. The van der Waals surface area contributed by atoms with E-state index in [0.717, 1.165) is 17.4 Å². The van der Waals surface area contributed by atoms with Crippen molar-refractivity contribution in [1.29, 1.82) is 0 Å². The minimum atomic E-state index is -0.195. The van der Waals surface area contributed by atoms with E-state index in [1.165, 1.54) is 88.2 Å². The molecule has 2 aromatic rings. The van der Waals surface area contributed by atoms with Crippen LogP contribution >= 0.6 is 0 Å². The lowest BCUT2D eigenvalue weighted by molar-refractivity contribution is -0.134.